The van der Waals surface area contributed by atoms with Gasteiger partial charge in [0.2, 0.25) is 5.95 Å². The second kappa shape index (κ2) is 13.1. The number of ether oxygens (including phenoxy) is 1. The monoisotopic (exact) mass is 578 g/mol. The van der Waals surface area contributed by atoms with Crippen LogP contribution in [0.25, 0.3) is 11.3 Å². The number of pyridine rings is 1. The molecule has 4 aromatic rings. The van der Waals surface area contributed by atoms with E-state index in [9.17, 15) is 9.59 Å². The molecular weight excluding hydrogens is 540 g/mol. The maximum absolute atomic E-state index is 13.1. The van der Waals surface area contributed by atoms with Crippen molar-refractivity contribution in [3.63, 3.8) is 0 Å². The molecule has 2 N–H and O–H groups in total. The molecule has 1 aliphatic rings. The van der Waals surface area contributed by atoms with Crippen LogP contribution in [0.15, 0.2) is 79.3 Å². The van der Waals surface area contributed by atoms with Crippen LogP contribution in [0.1, 0.15) is 61.0 Å². The van der Waals surface area contributed by atoms with E-state index in [2.05, 4.69) is 30.5 Å². The second-order valence-electron chi connectivity index (χ2n) is 11.9. The fourth-order valence-corrected chi connectivity index (χ4v) is 4.92. The molecule has 1 saturated heterocycles. The minimum Gasteiger partial charge on any atom is -0.449 e. The number of aryl methyl sites for hydroxylation is 1. The van der Waals surface area contributed by atoms with E-state index in [1.807, 2.05) is 88.4 Å². The van der Waals surface area contributed by atoms with E-state index in [0.717, 1.165) is 48.4 Å². The number of carbonyl (C=O) groups excluding carboxylic acids is 2. The Morgan fingerprint density at radius 3 is 2.47 bits per heavy atom. The number of nitrogens with zero attached hydrogens (tertiary/aromatic N) is 4. The summed E-state index contributed by atoms with van der Waals surface area (Å²) >= 11 is 0. The minimum atomic E-state index is -0.492. The Labute approximate surface area is 252 Å². The van der Waals surface area contributed by atoms with Crippen molar-refractivity contribution in [3.8, 4) is 11.3 Å². The summed E-state index contributed by atoms with van der Waals surface area (Å²) in [6, 6.07) is 19.2. The molecule has 2 aromatic carbocycles. The Hall–Kier alpha value is -4.63. The molecule has 43 heavy (non-hydrogen) atoms. The van der Waals surface area contributed by atoms with Crippen molar-refractivity contribution in [2.45, 2.75) is 46.5 Å². The molecule has 1 fully saturated rings. The highest BCUT2D eigenvalue weighted by molar-refractivity contribution is 6.04. The van der Waals surface area contributed by atoms with Crippen molar-refractivity contribution in [1.82, 2.24) is 19.9 Å². The lowest BCUT2D eigenvalue weighted by molar-refractivity contribution is -0.158. The van der Waals surface area contributed by atoms with Gasteiger partial charge >= 0.3 is 5.97 Å². The standard InChI is InChI=1S/C34H38N6O3/c1-23-7-12-28(20-30(23)39-33-36-17-13-29(38-33)27-6-5-16-35-21-27)37-31(41)26-10-8-24(9-11-26)25-14-18-40(19-15-25)22-43-32(42)34(2,3)4/h5-13,16-17,20-21,25H,14-15,18-19,22H2,1-4H3,(H,37,41)(H,36,38,39). The van der Waals surface area contributed by atoms with Gasteiger partial charge in [-0.2, -0.15) is 0 Å². The number of anilines is 3. The van der Waals surface area contributed by atoms with Gasteiger partial charge in [-0.3, -0.25) is 19.5 Å². The molecule has 222 valence electrons. The van der Waals surface area contributed by atoms with Gasteiger partial charge < -0.3 is 15.4 Å². The molecule has 0 atom stereocenters. The molecule has 0 radical (unpaired) electrons. The van der Waals surface area contributed by atoms with Crippen LogP contribution < -0.4 is 10.6 Å². The van der Waals surface area contributed by atoms with Crippen LogP contribution in [-0.2, 0) is 9.53 Å². The predicted octanol–water partition coefficient (Wildman–Crippen LogP) is 6.57. The fraction of sp³-hybridized carbons (Fsp3) is 0.324. The van der Waals surface area contributed by atoms with E-state index in [0.29, 0.717) is 29.8 Å². The third-order valence-corrected chi connectivity index (χ3v) is 7.58. The molecule has 3 heterocycles. The normalized spacial score (nSPS) is 14.2. The zero-order valence-corrected chi connectivity index (χ0v) is 25.1. The zero-order valence-electron chi connectivity index (χ0n) is 25.1. The van der Waals surface area contributed by atoms with Crippen LogP contribution in [0.2, 0.25) is 0 Å². The number of carbonyl (C=O) groups is 2. The lowest BCUT2D eigenvalue weighted by Gasteiger charge is -2.32. The maximum atomic E-state index is 13.1. The van der Waals surface area contributed by atoms with E-state index in [1.165, 1.54) is 5.56 Å². The highest BCUT2D eigenvalue weighted by Gasteiger charge is 2.26. The van der Waals surface area contributed by atoms with Gasteiger partial charge in [0.15, 0.2) is 0 Å². The van der Waals surface area contributed by atoms with E-state index in [1.54, 1.807) is 18.6 Å². The number of hydrogen-bond donors (Lipinski definition) is 2. The number of rotatable bonds is 8. The Morgan fingerprint density at radius 2 is 1.77 bits per heavy atom. The number of esters is 1. The molecule has 9 nitrogen and oxygen atoms in total. The lowest BCUT2D eigenvalue weighted by Crippen LogP contribution is -2.37. The van der Waals surface area contributed by atoms with E-state index < -0.39 is 5.41 Å². The van der Waals surface area contributed by atoms with Crippen LogP contribution >= 0.6 is 0 Å². The van der Waals surface area contributed by atoms with Gasteiger partial charge in [0, 0.05) is 54.2 Å². The van der Waals surface area contributed by atoms with E-state index in [-0.39, 0.29) is 11.9 Å². The zero-order chi connectivity index (χ0) is 30.4. The Kier molecular flexibility index (Phi) is 9.11. The van der Waals surface area contributed by atoms with Gasteiger partial charge in [-0.25, -0.2) is 9.97 Å². The summed E-state index contributed by atoms with van der Waals surface area (Å²) in [5.41, 5.74) is 5.46. The summed E-state index contributed by atoms with van der Waals surface area (Å²) in [6.45, 7) is 9.65. The topological polar surface area (TPSA) is 109 Å². The molecule has 2 aromatic heterocycles. The molecule has 0 aliphatic carbocycles. The smallest absolute Gasteiger partial charge is 0.312 e. The number of piperidine rings is 1. The predicted molar refractivity (Wildman–Crippen MR) is 168 cm³/mol. The number of benzene rings is 2. The Bertz CT molecular complexity index is 1560. The van der Waals surface area contributed by atoms with Gasteiger partial charge in [0.05, 0.1) is 11.1 Å². The maximum Gasteiger partial charge on any atom is 0.312 e. The number of hydrogen-bond acceptors (Lipinski definition) is 8. The van der Waals surface area contributed by atoms with Crippen LogP contribution in [0.5, 0.6) is 0 Å². The second-order valence-corrected chi connectivity index (χ2v) is 11.9. The van der Waals surface area contributed by atoms with Gasteiger partial charge in [-0.05, 0) is 100 Å². The summed E-state index contributed by atoms with van der Waals surface area (Å²) < 4.78 is 5.47. The number of likely N-dealkylation sites (tertiary alicyclic amines) is 1. The third kappa shape index (κ3) is 7.81. The minimum absolute atomic E-state index is 0.174. The van der Waals surface area contributed by atoms with Crippen molar-refractivity contribution < 1.29 is 14.3 Å². The van der Waals surface area contributed by atoms with Crippen molar-refractivity contribution in [2.24, 2.45) is 5.41 Å². The molecule has 0 spiro atoms. The number of nitrogens with one attached hydrogen (secondary N) is 2. The first-order valence-corrected chi connectivity index (χ1v) is 14.6. The average molecular weight is 579 g/mol. The highest BCUT2D eigenvalue weighted by Crippen LogP contribution is 2.29. The molecule has 9 heteroatoms. The third-order valence-electron chi connectivity index (χ3n) is 7.58. The van der Waals surface area contributed by atoms with E-state index >= 15 is 0 Å². The first-order valence-electron chi connectivity index (χ1n) is 14.6. The van der Waals surface area contributed by atoms with Gasteiger partial charge in [0.25, 0.3) is 5.91 Å². The summed E-state index contributed by atoms with van der Waals surface area (Å²) in [5, 5.41) is 6.29. The first kappa shape index (κ1) is 29.8. The fourth-order valence-electron chi connectivity index (χ4n) is 4.92. The van der Waals surface area contributed by atoms with Crippen molar-refractivity contribution in [1.29, 1.82) is 0 Å². The SMILES string of the molecule is Cc1ccc(NC(=O)c2ccc(C3CCN(COC(=O)C(C)(C)C)CC3)cc2)cc1Nc1nccc(-c2cccnc2)n1. The first-order chi connectivity index (χ1) is 20.7. The quantitative estimate of drug-likeness (QED) is 0.226. The molecule has 0 unspecified atom stereocenters. The van der Waals surface area contributed by atoms with Crippen molar-refractivity contribution in [3.05, 3.63) is 95.9 Å². The summed E-state index contributed by atoms with van der Waals surface area (Å²) in [4.78, 5) is 40.5. The molecule has 0 bridgehead atoms. The van der Waals surface area contributed by atoms with Crippen LogP contribution in [0, 0.1) is 12.3 Å². The van der Waals surface area contributed by atoms with E-state index in [4.69, 9.17) is 4.74 Å². The van der Waals surface area contributed by atoms with Gasteiger partial charge in [0.1, 0.15) is 6.73 Å². The molecular formula is C34H38N6O3. The van der Waals surface area contributed by atoms with Crippen molar-refractivity contribution in [2.75, 3.05) is 30.5 Å². The Morgan fingerprint density at radius 1 is 1.00 bits per heavy atom. The van der Waals surface area contributed by atoms with Gasteiger partial charge in [-0.1, -0.05) is 18.2 Å². The summed E-state index contributed by atoms with van der Waals surface area (Å²) in [5.74, 6) is 0.519. The lowest BCUT2D eigenvalue weighted by atomic mass is 9.89. The average Bonchev–Trinajstić information content (AvgIpc) is 3.02. The largest absolute Gasteiger partial charge is 0.449 e. The number of amides is 1. The van der Waals surface area contributed by atoms with Gasteiger partial charge in [-0.15, -0.1) is 0 Å². The summed E-state index contributed by atoms with van der Waals surface area (Å²) in [7, 11) is 0. The highest BCUT2D eigenvalue weighted by atomic mass is 16.5. The molecule has 5 rings (SSSR count). The summed E-state index contributed by atoms with van der Waals surface area (Å²) in [6.07, 6.45) is 7.15. The molecule has 1 aliphatic heterocycles. The van der Waals surface area contributed by atoms with Crippen molar-refractivity contribution >= 4 is 29.2 Å². The Balaban J connectivity index is 1.16. The van der Waals surface area contributed by atoms with Crippen LogP contribution in [-0.4, -0.2) is 51.5 Å². The van der Waals surface area contributed by atoms with Crippen LogP contribution in [0.3, 0.4) is 0 Å². The number of aromatic nitrogens is 3. The van der Waals surface area contributed by atoms with Crippen LogP contribution in [0.4, 0.5) is 17.3 Å². The molecule has 0 saturated carbocycles. The molecule has 1 amide bonds.